The molecule has 0 spiro atoms. The highest BCUT2D eigenvalue weighted by atomic mass is 16.2. The number of fused-ring (bicyclic) bond motifs is 2. The number of Topliss-reactive ketones (excluding diaryl/α,β-unsaturated/α-hetero) is 1. The third kappa shape index (κ3) is 9.02. The van der Waals surface area contributed by atoms with Crippen LogP contribution in [0.5, 0.6) is 0 Å². The van der Waals surface area contributed by atoms with E-state index >= 15 is 0 Å². The summed E-state index contributed by atoms with van der Waals surface area (Å²) < 4.78 is 0. The number of ketones is 1. The number of nitrogens with two attached hydrogens (primary N) is 1. The van der Waals surface area contributed by atoms with E-state index in [-0.39, 0.29) is 35.9 Å². The number of carbonyl (C=O) groups is 3. The molecule has 0 bridgehead atoms. The van der Waals surface area contributed by atoms with E-state index in [1.807, 2.05) is 37.3 Å². The molecule has 1 fully saturated rings. The molecule has 3 atom stereocenters. The van der Waals surface area contributed by atoms with Gasteiger partial charge in [-0.25, -0.2) is 0 Å². The molecule has 0 aromatic heterocycles. The summed E-state index contributed by atoms with van der Waals surface area (Å²) in [5.74, 6) is -0.880. The molecule has 46 heavy (non-hydrogen) atoms. The van der Waals surface area contributed by atoms with Gasteiger partial charge in [0.25, 0.3) is 0 Å². The van der Waals surface area contributed by atoms with Crippen molar-refractivity contribution >= 4 is 39.1 Å². The molecule has 4 aromatic rings. The number of hydrogen-bond donors (Lipinski definition) is 4. The lowest BCUT2D eigenvalue weighted by Crippen LogP contribution is -2.47. The van der Waals surface area contributed by atoms with E-state index in [9.17, 15) is 14.4 Å². The van der Waals surface area contributed by atoms with Crippen molar-refractivity contribution in [1.82, 2.24) is 16.0 Å². The minimum Gasteiger partial charge on any atom is -0.356 e. The fourth-order valence-electron chi connectivity index (χ4n) is 6.61. The van der Waals surface area contributed by atoms with E-state index < -0.39 is 12.0 Å². The lowest BCUT2D eigenvalue weighted by Gasteiger charge is -2.27. The smallest absolute Gasteiger partial charge is 0.223 e. The summed E-state index contributed by atoms with van der Waals surface area (Å²) in [5.41, 5.74) is 7.73. The van der Waals surface area contributed by atoms with Crippen molar-refractivity contribution in [3.63, 3.8) is 0 Å². The van der Waals surface area contributed by atoms with Crippen LogP contribution >= 0.6 is 0 Å². The Morgan fingerprint density at radius 2 is 1.39 bits per heavy atom. The van der Waals surface area contributed by atoms with Crippen molar-refractivity contribution in [2.45, 2.75) is 57.9 Å². The molecule has 5 rings (SSSR count). The fraction of sp³-hybridized carbons (Fsp3) is 0.410. The Kier molecular flexibility index (Phi) is 11.9. The van der Waals surface area contributed by atoms with Crippen molar-refractivity contribution < 1.29 is 14.4 Å². The van der Waals surface area contributed by atoms with E-state index in [1.54, 1.807) is 0 Å². The van der Waals surface area contributed by atoms with Gasteiger partial charge in [0.2, 0.25) is 11.8 Å². The van der Waals surface area contributed by atoms with Crippen LogP contribution in [0.15, 0.2) is 84.9 Å². The van der Waals surface area contributed by atoms with Gasteiger partial charge in [-0.3, -0.25) is 14.4 Å². The van der Waals surface area contributed by atoms with Gasteiger partial charge in [0.15, 0.2) is 5.78 Å². The number of benzene rings is 4. The van der Waals surface area contributed by atoms with Gasteiger partial charge < -0.3 is 21.7 Å². The predicted octanol–water partition coefficient (Wildman–Crippen LogP) is 5.33. The standard InChI is InChI=1S/C39H48N4O3/c1-27(35(39(46)42-19-7-6-18-40)25-28-12-14-30-8-2-4-10-33(30)23-28)22-37(44)36(43-38(45)32-16-20-41-21-17-32)26-29-13-15-31-9-3-5-11-34(31)24-29/h2-5,8-15,23-24,27,32,35-36,41H,6-7,16-22,25-26,40H2,1H3,(H,42,46)(H,43,45)/t27?,35?,36-/m1/s1. The number of rotatable bonds is 15. The van der Waals surface area contributed by atoms with Gasteiger partial charge in [-0.05, 0) is 96.7 Å². The summed E-state index contributed by atoms with van der Waals surface area (Å²) in [6.07, 6.45) is 4.31. The molecule has 242 valence electrons. The minimum absolute atomic E-state index is 0.0395. The summed E-state index contributed by atoms with van der Waals surface area (Å²) in [6.45, 7) is 4.74. The summed E-state index contributed by atoms with van der Waals surface area (Å²) in [7, 11) is 0. The van der Waals surface area contributed by atoms with E-state index in [1.165, 1.54) is 0 Å². The fourth-order valence-corrected chi connectivity index (χ4v) is 6.61. The molecule has 4 aromatic carbocycles. The van der Waals surface area contributed by atoms with E-state index in [4.69, 9.17) is 5.73 Å². The molecule has 0 radical (unpaired) electrons. The van der Waals surface area contributed by atoms with Crippen LogP contribution < -0.4 is 21.7 Å². The van der Waals surface area contributed by atoms with Crippen molar-refractivity contribution in [2.24, 2.45) is 23.5 Å². The van der Waals surface area contributed by atoms with E-state index in [2.05, 4.69) is 70.5 Å². The van der Waals surface area contributed by atoms with Crippen molar-refractivity contribution in [3.05, 3.63) is 96.1 Å². The van der Waals surface area contributed by atoms with Gasteiger partial charge in [-0.1, -0.05) is 91.9 Å². The molecule has 1 heterocycles. The second-order valence-electron chi connectivity index (χ2n) is 12.9. The second kappa shape index (κ2) is 16.5. The molecule has 1 saturated heterocycles. The number of unbranched alkanes of at least 4 members (excludes halogenated alkanes) is 1. The number of nitrogens with one attached hydrogen (secondary N) is 3. The Hall–Kier alpha value is -4.07. The monoisotopic (exact) mass is 620 g/mol. The van der Waals surface area contributed by atoms with Crippen LogP contribution in [0.4, 0.5) is 0 Å². The van der Waals surface area contributed by atoms with Crippen molar-refractivity contribution in [3.8, 4) is 0 Å². The second-order valence-corrected chi connectivity index (χ2v) is 12.9. The third-order valence-electron chi connectivity index (χ3n) is 9.42. The SMILES string of the molecule is CC(CC(=O)[C@@H](Cc1ccc2ccccc2c1)NC(=O)C1CCNCC1)C(Cc1ccc2ccccc2c1)C(=O)NCCCCN. The number of piperidine rings is 1. The first-order chi connectivity index (χ1) is 22.4. The molecule has 7 heteroatoms. The zero-order valence-electron chi connectivity index (χ0n) is 27.0. The highest BCUT2D eigenvalue weighted by Gasteiger charge is 2.32. The highest BCUT2D eigenvalue weighted by Crippen LogP contribution is 2.26. The molecule has 2 unspecified atom stereocenters. The Morgan fingerprint density at radius 3 is 2.00 bits per heavy atom. The van der Waals surface area contributed by atoms with Crippen molar-refractivity contribution in [2.75, 3.05) is 26.2 Å². The molecular formula is C39H48N4O3. The predicted molar refractivity (Wildman–Crippen MR) is 186 cm³/mol. The van der Waals surface area contributed by atoms with Gasteiger partial charge in [-0.2, -0.15) is 0 Å². The van der Waals surface area contributed by atoms with Crippen LogP contribution in [0.2, 0.25) is 0 Å². The Balaban J connectivity index is 1.35. The summed E-state index contributed by atoms with van der Waals surface area (Å²) in [5, 5.41) is 14.1. The van der Waals surface area contributed by atoms with Gasteiger partial charge in [0.05, 0.1) is 6.04 Å². The quantitative estimate of drug-likeness (QED) is 0.134. The average molecular weight is 621 g/mol. The Bertz CT molecular complexity index is 1630. The van der Waals surface area contributed by atoms with Gasteiger partial charge in [0, 0.05) is 24.8 Å². The highest BCUT2D eigenvalue weighted by molar-refractivity contribution is 5.91. The molecule has 7 nitrogen and oxygen atoms in total. The zero-order chi connectivity index (χ0) is 32.3. The maximum absolute atomic E-state index is 14.1. The summed E-state index contributed by atoms with van der Waals surface area (Å²) in [4.78, 5) is 41.2. The van der Waals surface area contributed by atoms with Crippen LogP contribution in [-0.4, -0.2) is 49.8 Å². The maximum atomic E-state index is 14.1. The van der Waals surface area contributed by atoms with Crippen LogP contribution in [0.1, 0.15) is 50.2 Å². The van der Waals surface area contributed by atoms with Crippen molar-refractivity contribution in [1.29, 1.82) is 0 Å². The number of amides is 2. The third-order valence-corrected chi connectivity index (χ3v) is 9.42. The van der Waals surface area contributed by atoms with Crippen LogP contribution in [0, 0.1) is 17.8 Å². The zero-order valence-corrected chi connectivity index (χ0v) is 27.0. The maximum Gasteiger partial charge on any atom is 0.223 e. The number of hydrogen-bond acceptors (Lipinski definition) is 5. The van der Waals surface area contributed by atoms with Gasteiger partial charge in [0.1, 0.15) is 0 Å². The largest absolute Gasteiger partial charge is 0.356 e. The Morgan fingerprint density at radius 1 is 0.804 bits per heavy atom. The lowest BCUT2D eigenvalue weighted by molar-refractivity contribution is -0.132. The molecule has 1 aliphatic heterocycles. The first-order valence-electron chi connectivity index (χ1n) is 16.9. The van der Waals surface area contributed by atoms with Gasteiger partial charge in [-0.15, -0.1) is 0 Å². The lowest BCUT2D eigenvalue weighted by atomic mass is 9.82. The number of carbonyl (C=O) groups excluding carboxylic acids is 3. The van der Waals surface area contributed by atoms with Crippen LogP contribution in [-0.2, 0) is 27.2 Å². The van der Waals surface area contributed by atoms with E-state index in [0.29, 0.717) is 25.9 Å². The molecule has 5 N–H and O–H groups in total. The minimum atomic E-state index is -0.667. The molecule has 0 saturated carbocycles. The molecular weight excluding hydrogens is 572 g/mol. The molecule has 2 amide bonds. The van der Waals surface area contributed by atoms with E-state index in [0.717, 1.165) is 71.4 Å². The van der Waals surface area contributed by atoms with Crippen LogP contribution in [0.3, 0.4) is 0 Å². The first kappa shape index (κ1) is 33.3. The summed E-state index contributed by atoms with van der Waals surface area (Å²) in [6, 6.07) is 28.2. The molecule has 0 aliphatic carbocycles. The normalized spacial score (nSPS) is 15.7. The first-order valence-corrected chi connectivity index (χ1v) is 16.9. The van der Waals surface area contributed by atoms with Crippen LogP contribution in [0.25, 0.3) is 21.5 Å². The average Bonchev–Trinajstić information content (AvgIpc) is 3.08. The van der Waals surface area contributed by atoms with Gasteiger partial charge >= 0.3 is 0 Å². The molecule has 1 aliphatic rings. The Labute approximate surface area is 272 Å². The summed E-state index contributed by atoms with van der Waals surface area (Å²) >= 11 is 0. The topological polar surface area (TPSA) is 113 Å².